The van der Waals surface area contributed by atoms with Crippen molar-refractivity contribution in [2.45, 2.75) is 289 Å². The molecule has 0 rings (SSSR count). The van der Waals surface area contributed by atoms with Crippen molar-refractivity contribution in [3.8, 4) is 0 Å². The zero-order chi connectivity index (χ0) is 43.8. The van der Waals surface area contributed by atoms with Crippen LogP contribution in [-0.4, -0.2) is 46.9 Å². The van der Waals surface area contributed by atoms with Crippen molar-refractivity contribution in [1.29, 1.82) is 0 Å². The molecule has 0 saturated carbocycles. The normalized spacial score (nSPS) is 13.5. The second-order valence-corrected chi connectivity index (χ2v) is 18.0. The van der Waals surface area contributed by atoms with Gasteiger partial charge in [0.25, 0.3) is 0 Å². The average molecular weight is 844 g/mol. The summed E-state index contributed by atoms with van der Waals surface area (Å²) in [5.41, 5.74) is 0. The molecule has 60 heavy (non-hydrogen) atoms. The standard InChI is InChI=1S/C54H101NO5/c1-4-7-10-13-16-19-22-24-26-28-31-33-36-39-42-45-50(60-54(59)47-44-41-38-35-32-29-27-25-23-20-17-14-11-8-5-2)48-53(58)55-51(49-56)52(57)46-43-40-37-34-30-21-18-15-12-9-6-3/h8,11,14,17,20,23,50-52,56-57H,4-7,9-10,12-13,15-16,18-19,21-22,24-49H2,1-3H3,(H,55,58)/b11-8+,17-14+,23-20+. The third kappa shape index (κ3) is 42.8. The number of carbonyl (C=O) groups excluding carboxylic acids is 2. The fourth-order valence-corrected chi connectivity index (χ4v) is 8.08. The molecule has 0 spiro atoms. The fourth-order valence-electron chi connectivity index (χ4n) is 8.08. The van der Waals surface area contributed by atoms with Crippen LogP contribution < -0.4 is 5.32 Å². The summed E-state index contributed by atoms with van der Waals surface area (Å²) in [7, 11) is 0. The molecule has 0 aliphatic rings. The van der Waals surface area contributed by atoms with Crippen LogP contribution in [0.15, 0.2) is 36.5 Å². The molecular formula is C54H101NO5. The number of aliphatic hydroxyl groups is 2. The van der Waals surface area contributed by atoms with Crippen LogP contribution in [0.5, 0.6) is 0 Å². The Morgan fingerprint density at radius 3 is 1.35 bits per heavy atom. The Bertz CT molecular complexity index is 993. The third-order valence-corrected chi connectivity index (χ3v) is 12.0. The summed E-state index contributed by atoms with van der Waals surface area (Å²) < 4.78 is 5.94. The molecule has 0 aromatic carbocycles. The van der Waals surface area contributed by atoms with Gasteiger partial charge in [-0.25, -0.2) is 0 Å². The monoisotopic (exact) mass is 844 g/mol. The highest BCUT2D eigenvalue weighted by molar-refractivity contribution is 5.77. The van der Waals surface area contributed by atoms with E-state index in [1.54, 1.807) is 0 Å². The molecule has 0 fully saturated rings. The van der Waals surface area contributed by atoms with Gasteiger partial charge in [0.15, 0.2) is 0 Å². The number of hydrogen-bond acceptors (Lipinski definition) is 5. The van der Waals surface area contributed by atoms with Gasteiger partial charge < -0.3 is 20.3 Å². The predicted octanol–water partition coefficient (Wildman–Crippen LogP) is 15.7. The molecule has 3 atom stereocenters. The summed E-state index contributed by atoms with van der Waals surface area (Å²) in [5.74, 6) is -0.475. The molecule has 3 N–H and O–H groups in total. The second kappa shape index (κ2) is 48.1. The van der Waals surface area contributed by atoms with Gasteiger partial charge in [0, 0.05) is 6.42 Å². The van der Waals surface area contributed by atoms with E-state index < -0.39 is 18.2 Å². The number of esters is 1. The summed E-state index contributed by atoms with van der Waals surface area (Å²) in [6.45, 7) is 6.36. The molecular weight excluding hydrogens is 743 g/mol. The molecule has 3 unspecified atom stereocenters. The van der Waals surface area contributed by atoms with Gasteiger partial charge in [0.1, 0.15) is 6.10 Å². The van der Waals surface area contributed by atoms with Gasteiger partial charge in [-0.1, -0.05) is 250 Å². The number of rotatable bonds is 47. The first-order valence-electron chi connectivity index (χ1n) is 26.2. The summed E-state index contributed by atoms with van der Waals surface area (Å²) in [6.07, 6.45) is 56.3. The number of allylic oxidation sites excluding steroid dienone is 6. The zero-order valence-corrected chi connectivity index (χ0v) is 40.1. The minimum absolute atomic E-state index is 0.0768. The SMILES string of the molecule is CC/C=C/C=C/C=C/CCCCCCCCCC(=O)OC(CCCCCCCCCCCCCCCCC)CC(=O)NC(CO)C(O)CCCCCCCCCCCCC. The van der Waals surface area contributed by atoms with Crippen molar-refractivity contribution < 1.29 is 24.5 Å². The van der Waals surface area contributed by atoms with Gasteiger partial charge in [0.05, 0.1) is 25.2 Å². The lowest BCUT2D eigenvalue weighted by Gasteiger charge is -2.24. The molecule has 352 valence electrons. The highest BCUT2D eigenvalue weighted by Gasteiger charge is 2.24. The number of amides is 1. The molecule has 0 aromatic heterocycles. The number of carbonyl (C=O) groups is 2. The number of unbranched alkanes of at least 4 members (excludes halogenated alkanes) is 31. The van der Waals surface area contributed by atoms with Gasteiger partial charge in [-0.05, 0) is 44.9 Å². The van der Waals surface area contributed by atoms with Gasteiger partial charge in [0.2, 0.25) is 5.91 Å². The first kappa shape index (κ1) is 58.1. The number of hydrogen-bond donors (Lipinski definition) is 3. The van der Waals surface area contributed by atoms with Gasteiger partial charge in [-0.2, -0.15) is 0 Å². The van der Waals surface area contributed by atoms with Crippen molar-refractivity contribution >= 4 is 11.9 Å². The Balaban J connectivity index is 4.57. The van der Waals surface area contributed by atoms with Crippen LogP contribution in [-0.2, 0) is 14.3 Å². The molecule has 6 nitrogen and oxygen atoms in total. The highest BCUT2D eigenvalue weighted by atomic mass is 16.5. The van der Waals surface area contributed by atoms with Crippen LogP contribution in [0.2, 0.25) is 0 Å². The van der Waals surface area contributed by atoms with E-state index in [4.69, 9.17) is 4.74 Å². The van der Waals surface area contributed by atoms with Gasteiger partial charge >= 0.3 is 5.97 Å². The molecule has 0 radical (unpaired) electrons. The third-order valence-electron chi connectivity index (χ3n) is 12.0. The Labute approximate surface area is 373 Å². The summed E-state index contributed by atoms with van der Waals surface area (Å²) in [5, 5.41) is 23.8. The van der Waals surface area contributed by atoms with E-state index >= 15 is 0 Å². The summed E-state index contributed by atoms with van der Waals surface area (Å²) in [4.78, 5) is 26.2. The second-order valence-electron chi connectivity index (χ2n) is 18.0. The minimum atomic E-state index is -0.786. The molecule has 0 aliphatic carbocycles. The van der Waals surface area contributed by atoms with Crippen LogP contribution >= 0.6 is 0 Å². The van der Waals surface area contributed by atoms with Crippen molar-refractivity contribution in [3.05, 3.63) is 36.5 Å². The van der Waals surface area contributed by atoms with Crippen LogP contribution in [0.3, 0.4) is 0 Å². The molecule has 6 heteroatoms. The Morgan fingerprint density at radius 2 is 0.900 bits per heavy atom. The maximum Gasteiger partial charge on any atom is 0.306 e. The molecule has 0 bridgehead atoms. The van der Waals surface area contributed by atoms with E-state index in [2.05, 4.69) is 62.5 Å². The topological polar surface area (TPSA) is 95.9 Å². The Hall–Kier alpha value is -1.92. The van der Waals surface area contributed by atoms with E-state index in [0.717, 1.165) is 57.8 Å². The largest absolute Gasteiger partial charge is 0.462 e. The van der Waals surface area contributed by atoms with Crippen LogP contribution in [0, 0.1) is 0 Å². The maximum atomic E-state index is 13.2. The Kier molecular flexibility index (Phi) is 46.6. The van der Waals surface area contributed by atoms with Crippen LogP contribution in [0.4, 0.5) is 0 Å². The van der Waals surface area contributed by atoms with Crippen LogP contribution in [0.25, 0.3) is 0 Å². The van der Waals surface area contributed by atoms with E-state index in [1.165, 1.54) is 167 Å². The van der Waals surface area contributed by atoms with Crippen LogP contribution in [0.1, 0.15) is 271 Å². The summed E-state index contributed by atoms with van der Waals surface area (Å²) in [6, 6.07) is -0.700. The zero-order valence-electron chi connectivity index (χ0n) is 40.1. The van der Waals surface area contributed by atoms with Crippen molar-refractivity contribution in [2.75, 3.05) is 6.61 Å². The predicted molar refractivity (Wildman–Crippen MR) is 259 cm³/mol. The lowest BCUT2D eigenvalue weighted by Crippen LogP contribution is -2.46. The van der Waals surface area contributed by atoms with Gasteiger partial charge in [-0.15, -0.1) is 0 Å². The average Bonchev–Trinajstić information content (AvgIpc) is 3.24. The van der Waals surface area contributed by atoms with E-state index in [9.17, 15) is 19.8 Å². The number of aliphatic hydroxyl groups excluding tert-OH is 2. The van der Waals surface area contributed by atoms with Crippen molar-refractivity contribution in [1.82, 2.24) is 5.32 Å². The highest BCUT2D eigenvalue weighted by Crippen LogP contribution is 2.18. The molecule has 0 aromatic rings. The minimum Gasteiger partial charge on any atom is -0.462 e. The van der Waals surface area contributed by atoms with Crippen molar-refractivity contribution in [3.63, 3.8) is 0 Å². The smallest absolute Gasteiger partial charge is 0.306 e. The quantitative estimate of drug-likeness (QED) is 0.0322. The number of nitrogens with one attached hydrogen (secondary N) is 1. The lowest BCUT2D eigenvalue weighted by molar-refractivity contribution is -0.151. The summed E-state index contributed by atoms with van der Waals surface area (Å²) >= 11 is 0. The van der Waals surface area contributed by atoms with Crippen molar-refractivity contribution in [2.24, 2.45) is 0 Å². The molecule has 1 amide bonds. The van der Waals surface area contributed by atoms with E-state index in [-0.39, 0.29) is 24.9 Å². The van der Waals surface area contributed by atoms with Gasteiger partial charge in [-0.3, -0.25) is 9.59 Å². The first-order valence-corrected chi connectivity index (χ1v) is 26.2. The Morgan fingerprint density at radius 1 is 0.500 bits per heavy atom. The lowest BCUT2D eigenvalue weighted by atomic mass is 10.0. The molecule has 0 saturated heterocycles. The van der Waals surface area contributed by atoms with E-state index in [1.807, 2.05) is 0 Å². The fraction of sp³-hybridized carbons (Fsp3) is 0.852. The van der Waals surface area contributed by atoms with E-state index in [0.29, 0.717) is 19.3 Å². The maximum absolute atomic E-state index is 13.2. The molecule has 0 aliphatic heterocycles. The first-order chi connectivity index (χ1) is 29.5. The number of ether oxygens (including phenoxy) is 1. The molecule has 0 heterocycles.